The van der Waals surface area contributed by atoms with E-state index < -0.39 is 0 Å². The topological polar surface area (TPSA) is 69.6 Å². The second-order valence-electron chi connectivity index (χ2n) is 4.17. The summed E-state index contributed by atoms with van der Waals surface area (Å²) in [6, 6.07) is 0. The van der Waals surface area contributed by atoms with E-state index in [1.165, 1.54) is 0 Å². The zero-order chi connectivity index (χ0) is 12.9. The molecule has 0 unspecified atom stereocenters. The first kappa shape index (κ1) is 15.9. The number of carbonyl (C=O) groups excluding carboxylic acids is 2. The normalized spacial score (nSPS) is 10.0. The number of amides is 2. The van der Waals surface area contributed by atoms with Crippen molar-refractivity contribution in [2.45, 2.75) is 51.4 Å². The fourth-order valence-corrected chi connectivity index (χ4v) is 1.62. The molecule has 0 bridgehead atoms. The Kier molecular flexibility index (Phi) is 10.7. The van der Waals surface area contributed by atoms with Gasteiger partial charge in [-0.2, -0.15) is 0 Å². The van der Waals surface area contributed by atoms with E-state index in [-0.39, 0.29) is 5.91 Å². The van der Waals surface area contributed by atoms with E-state index in [4.69, 9.17) is 5.21 Å². The Balaban J connectivity index is 3.08. The summed E-state index contributed by atoms with van der Waals surface area (Å²) >= 11 is 0. The van der Waals surface area contributed by atoms with Crippen molar-refractivity contribution in [1.82, 2.24) is 10.4 Å². The van der Waals surface area contributed by atoms with E-state index in [1.807, 2.05) is 0 Å². The Bertz CT molecular complexity index is 210. The molecule has 0 aliphatic carbocycles. The van der Waals surface area contributed by atoms with Gasteiger partial charge in [0.25, 0.3) is 0 Å². The maximum Gasteiger partial charge on any atom is 0.233 e. The van der Waals surface area contributed by atoms with E-state index in [9.17, 15) is 9.59 Å². The van der Waals surface area contributed by atoms with Gasteiger partial charge >= 0.3 is 0 Å². The molecule has 0 aliphatic heterocycles. The van der Waals surface area contributed by atoms with E-state index in [2.05, 4.69) is 5.32 Å². The average Bonchev–Trinajstić information content (AvgIpc) is 2.35. The van der Waals surface area contributed by atoms with Crippen molar-refractivity contribution in [2.75, 3.05) is 13.6 Å². The molecule has 0 saturated heterocycles. The summed E-state index contributed by atoms with van der Waals surface area (Å²) in [5.74, 6) is 0.113. The van der Waals surface area contributed by atoms with Crippen LogP contribution in [0.4, 0.5) is 0 Å². The van der Waals surface area contributed by atoms with Crippen LogP contribution >= 0.6 is 0 Å². The van der Waals surface area contributed by atoms with E-state index in [0.717, 1.165) is 44.9 Å². The largest absolute Gasteiger partial charge is 0.359 e. The van der Waals surface area contributed by atoms with Gasteiger partial charge < -0.3 is 5.32 Å². The van der Waals surface area contributed by atoms with Gasteiger partial charge in [0.1, 0.15) is 0 Å². The van der Waals surface area contributed by atoms with Crippen LogP contribution in [-0.2, 0) is 9.59 Å². The molecular formula is C12H24N2O3. The third-order valence-corrected chi connectivity index (χ3v) is 2.69. The predicted octanol–water partition coefficient (Wildman–Crippen LogP) is 1.70. The van der Waals surface area contributed by atoms with Gasteiger partial charge in [-0.1, -0.05) is 32.1 Å². The average molecular weight is 244 g/mol. The fraction of sp³-hybridized carbons (Fsp3) is 0.833. The molecule has 0 aromatic heterocycles. The lowest BCUT2D eigenvalue weighted by Gasteiger charge is -2.07. The number of hydroxylamine groups is 2. The second-order valence-corrected chi connectivity index (χ2v) is 4.17. The summed E-state index contributed by atoms with van der Waals surface area (Å²) in [6.45, 7) is 0.417. The molecule has 0 rings (SSSR count). The Morgan fingerprint density at radius 2 is 1.65 bits per heavy atom. The Morgan fingerprint density at radius 3 is 2.18 bits per heavy atom. The van der Waals surface area contributed by atoms with Gasteiger partial charge in [0.15, 0.2) is 0 Å². The number of rotatable bonds is 11. The number of hydrogen-bond acceptors (Lipinski definition) is 3. The fourth-order valence-electron chi connectivity index (χ4n) is 1.62. The summed E-state index contributed by atoms with van der Waals surface area (Å²) in [5, 5.41) is 12.1. The van der Waals surface area contributed by atoms with Gasteiger partial charge in [0, 0.05) is 20.0 Å². The van der Waals surface area contributed by atoms with E-state index >= 15 is 0 Å². The maximum absolute atomic E-state index is 10.9. The summed E-state index contributed by atoms with van der Waals surface area (Å²) in [7, 11) is 1.66. The van der Waals surface area contributed by atoms with Crippen LogP contribution < -0.4 is 5.32 Å². The summed E-state index contributed by atoms with van der Waals surface area (Å²) < 4.78 is 0. The van der Waals surface area contributed by atoms with Crippen LogP contribution in [0.1, 0.15) is 51.4 Å². The first-order valence-corrected chi connectivity index (χ1v) is 6.32. The summed E-state index contributed by atoms with van der Waals surface area (Å²) in [6.07, 6.45) is 8.38. The van der Waals surface area contributed by atoms with Crippen LogP contribution in [0, 0.1) is 0 Å². The first-order valence-electron chi connectivity index (χ1n) is 6.32. The Labute approximate surface area is 103 Å². The lowest BCUT2D eigenvalue weighted by atomic mass is 10.1. The smallest absolute Gasteiger partial charge is 0.233 e. The molecular weight excluding hydrogens is 220 g/mol. The van der Waals surface area contributed by atoms with Crippen molar-refractivity contribution >= 4 is 12.3 Å². The number of unbranched alkanes of at least 4 members (excludes halogenated alkanes) is 6. The van der Waals surface area contributed by atoms with Crippen LogP contribution in [0.2, 0.25) is 0 Å². The third-order valence-electron chi connectivity index (χ3n) is 2.69. The first-order chi connectivity index (χ1) is 8.20. The van der Waals surface area contributed by atoms with E-state index in [0.29, 0.717) is 24.4 Å². The molecule has 0 aromatic carbocycles. The van der Waals surface area contributed by atoms with Crippen molar-refractivity contribution in [2.24, 2.45) is 0 Å². The van der Waals surface area contributed by atoms with Gasteiger partial charge in [0.05, 0.1) is 0 Å². The SMILES string of the molecule is CNC(=O)CCCCCCCCCN(O)C=O. The van der Waals surface area contributed by atoms with Crippen molar-refractivity contribution in [3.05, 3.63) is 0 Å². The van der Waals surface area contributed by atoms with Gasteiger partial charge in [-0.25, -0.2) is 5.06 Å². The molecule has 0 atom stereocenters. The summed E-state index contributed by atoms with van der Waals surface area (Å²) in [5.41, 5.74) is 0. The minimum absolute atomic E-state index is 0.113. The van der Waals surface area contributed by atoms with Crippen molar-refractivity contribution in [3.63, 3.8) is 0 Å². The van der Waals surface area contributed by atoms with Crippen LogP contribution in [-0.4, -0.2) is 36.2 Å². The number of hydrogen-bond donors (Lipinski definition) is 2. The molecule has 0 aliphatic rings. The Morgan fingerprint density at radius 1 is 1.12 bits per heavy atom. The molecule has 100 valence electrons. The highest BCUT2D eigenvalue weighted by molar-refractivity contribution is 5.75. The molecule has 0 saturated carbocycles. The van der Waals surface area contributed by atoms with Crippen molar-refractivity contribution in [3.8, 4) is 0 Å². The van der Waals surface area contributed by atoms with Crippen LogP contribution in [0.25, 0.3) is 0 Å². The van der Waals surface area contributed by atoms with Gasteiger partial charge in [0.2, 0.25) is 12.3 Å². The Hall–Kier alpha value is -1.10. The summed E-state index contributed by atoms with van der Waals surface area (Å²) in [4.78, 5) is 21.0. The lowest BCUT2D eigenvalue weighted by Crippen LogP contribution is -2.17. The second kappa shape index (κ2) is 11.4. The number of nitrogens with zero attached hydrogens (tertiary/aromatic N) is 1. The van der Waals surface area contributed by atoms with Crippen molar-refractivity contribution < 1.29 is 14.8 Å². The van der Waals surface area contributed by atoms with Gasteiger partial charge in [-0.15, -0.1) is 0 Å². The molecule has 5 heteroatoms. The highest BCUT2D eigenvalue weighted by Crippen LogP contribution is 2.08. The van der Waals surface area contributed by atoms with Crippen LogP contribution in [0.3, 0.4) is 0 Å². The molecule has 0 heterocycles. The number of nitrogens with one attached hydrogen (secondary N) is 1. The standard InChI is InChI=1S/C12H24N2O3/c1-13-12(16)9-7-5-3-2-4-6-8-10-14(17)11-15/h11,17H,2-10H2,1H3,(H,13,16). The molecule has 2 amide bonds. The minimum atomic E-state index is 0.113. The predicted molar refractivity (Wildman–Crippen MR) is 65.6 cm³/mol. The number of carbonyl (C=O) groups is 2. The zero-order valence-electron chi connectivity index (χ0n) is 10.7. The molecule has 0 aromatic rings. The van der Waals surface area contributed by atoms with Gasteiger partial charge in [-0.05, 0) is 12.8 Å². The van der Waals surface area contributed by atoms with Crippen molar-refractivity contribution in [1.29, 1.82) is 0 Å². The third kappa shape index (κ3) is 11.2. The highest BCUT2D eigenvalue weighted by Gasteiger charge is 1.98. The zero-order valence-corrected chi connectivity index (χ0v) is 10.7. The quantitative estimate of drug-likeness (QED) is 0.251. The van der Waals surface area contributed by atoms with E-state index in [1.54, 1.807) is 7.05 Å². The lowest BCUT2D eigenvalue weighted by molar-refractivity contribution is -0.149. The molecule has 5 nitrogen and oxygen atoms in total. The van der Waals surface area contributed by atoms with Gasteiger partial charge in [-0.3, -0.25) is 14.8 Å². The molecule has 0 fully saturated rings. The molecule has 17 heavy (non-hydrogen) atoms. The molecule has 0 radical (unpaired) electrons. The highest BCUT2D eigenvalue weighted by atomic mass is 16.5. The van der Waals surface area contributed by atoms with Crippen LogP contribution in [0.15, 0.2) is 0 Å². The van der Waals surface area contributed by atoms with Crippen LogP contribution in [0.5, 0.6) is 0 Å². The molecule has 2 N–H and O–H groups in total. The monoisotopic (exact) mass is 244 g/mol. The molecule has 0 spiro atoms. The maximum atomic E-state index is 10.9. The minimum Gasteiger partial charge on any atom is -0.359 e.